The van der Waals surface area contributed by atoms with Gasteiger partial charge in [0.15, 0.2) is 9.84 Å². The van der Waals surface area contributed by atoms with Gasteiger partial charge in [-0.15, -0.1) is 0 Å². The Bertz CT molecular complexity index is 522. The number of ether oxygens (including phenoxy) is 1. The highest BCUT2D eigenvalue weighted by Gasteiger charge is 2.09. The SMILES string of the molecule is COC(=O)CC(C)NCc1ccc(S(C)(=O)=O)cc1. The predicted molar refractivity (Wildman–Crippen MR) is 72.5 cm³/mol. The molecule has 0 aliphatic heterocycles. The van der Waals surface area contributed by atoms with Crippen LogP contribution in [-0.4, -0.2) is 33.8 Å². The average molecular weight is 285 g/mol. The number of carbonyl (C=O) groups excluding carboxylic acids is 1. The van der Waals surface area contributed by atoms with Crippen molar-refractivity contribution < 1.29 is 17.9 Å². The Morgan fingerprint density at radius 3 is 2.37 bits per heavy atom. The lowest BCUT2D eigenvalue weighted by Gasteiger charge is -2.12. The average Bonchev–Trinajstić information content (AvgIpc) is 2.35. The van der Waals surface area contributed by atoms with Crippen molar-refractivity contribution in [3.05, 3.63) is 29.8 Å². The molecule has 6 heteroatoms. The molecule has 1 atom stereocenters. The van der Waals surface area contributed by atoms with Crippen molar-refractivity contribution in [2.24, 2.45) is 0 Å². The molecule has 0 spiro atoms. The first-order valence-electron chi connectivity index (χ1n) is 5.92. The number of sulfone groups is 1. The minimum Gasteiger partial charge on any atom is -0.469 e. The summed E-state index contributed by atoms with van der Waals surface area (Å²) >= 11 is 0. The molecule has 0 aromatic heterocycles. The van der Waals surface area contributed by atoms with Gasteiger partial charge < -0.3 is 10.1 Å². The summed E-state index contributed by atoms with van der Waals surface area (Å²) in [6, 6.07) is 6.68. The van der Waals surface area contributed by atoms with Crippen LogP contribution < -0.4 is 5.32 Å². The van der Waals surface area contributed by atoms with Crippen LogP contribution in [0.15, 0.2) is 29.2 Å². The number of rotatable bonds is 6. The molecule has 1 aromatic carbocycles. The van der Waals surface area contributed by atoms with E-state index in [0.29, 0.717) is 17.9 Å². The van der Waals surface area contributed by atoms with Crippen LogP contribution in [0.25, 0.3) is 0 Å². The van der Waals surface area contributed by atoms with E-state index in [9.17, 15) is 13.2 Å². The molecular formula is C13H19NO4S. The van der Waals surface area contributed by atoms with Crippen LogP contribution in [0.3, 0.4) is 0 Å². The lowest BCUT2D eigenvalue weighted by atomic mass is 10.2. The van der Waals surface area contributed by atoms with Crippen molar-refractivity contribution in [2.75, 3.05) is 13.4 Å². The van der Waals surface area contributed by atoms with Gasteiger partial charge in [0, 0.05) is 18.8 Å². The Labute approximate surface area is 113 Å². The maximum atomic E-state index is 11.3. The third-order valence-corrected chi connectivity index (χ3v) is 3.84. The first-order valence-corrected chi connectivity index (χ1v) is 7.81. The summed E-state index contributed by atoms with van der Waals surface area (Å²) in [5.41, 5.74) is 0.962. The van der Waals surface area contributed by atoms with Crippen molar-refractivity contribution in [3.63, 3.8) is 0 Å². The Hall–Kier alpha value is -1.40. The second kappa shape index (κ2) is 6.68. The van der Waals surface area contributed by atoms with E-state index < -0.39 is 9.84 Å². The smallest absolute Gasteiger partial charge is 0.307 e. The fourth-order valence-corrected chi connectivity index (χ4v) is 2.18. The van der Waals surface area contributed by atoms with Crippen molar-refractivity contribution in [3.8, 4) is 0 Å². The van der Waals surface area contributed by atoms with E-state index in [-0.39, 0.29) is 12.0 Å². The molecule has 0 aliphatic rings. The minimum atomic E-state index is -3.15. The molecule has 106 valence electrons. The van der Waals surface area contributed by atoms with E-state index in [1.165, 1.54) is 13.4 Å². The summed E-state index contributed by atoms with van der Waals surface area (Å²) < 4.78 is 27.2. The number of hydrogen-bond donors (Lipinski definition) is 1. The van der Waals surface area contributed by atoms with Crippen LogP contribution in [0.5, 0.6) is 0 Å². The van der Waals surface area contributed by atoms with Gasteiger partial charge in [0.1, 0.15) is 0 Å². The van der Waals surface area contributed by atoms with E-state index in [0.717, 1.165) is 5.56 Å². The number of nitrogens with one attached hydrogen (secondary N) is 1. The molecule has 5 nitrogen and oxygen atoms in total. The molecule has 0 saturated carbocycles. The monoisotopic (exact) mass is 285 g/mol. The van der Waals surface area contributed by atoms with Gasteiger partial charge in [-0.25, -0.2) is 8.42 Å². The van der Waals surface area contributed by atoms with Crippen LogP contribution in [0.4, 0.5) is 0 Å². The second-order valence-electron chi connectivity index (χ2n) is 4.48. The number of carbonyl (C=O) groups is 1. The van der Waals surface area contributed by atoms with Crippen LogP contribution >= 0.6 is 0 Å². The quantitative estimate of drug-likeness (QED) is 0.793. The molecule has 0 amide bonds. The van der Waals surface area contributed by atoms with Crippen LogP contribution in [0, 0.1) is 0 Å². The zero-order chi connectivity index (χ0) is 14.5. The third-order valence-electron chi connectivity index (χ3n) is 2.71. The molecule has 0 fully saturated rings. The summed E-state index contributed by atoms with van der Waals surface area (Å²) in [6.07, 6.45) is 1.48. The highest BCUT2D eigenvalue weighted by atomic mass is 32.2. The van der Waals surface area contributed by atoms with Crippen LogP contribution in [0.1, 0.15) is 18.9 Å². The number of hydrogen-bond acceptors (Lipinski definition) is 5. The second-order valence-corrected chi connectivity index (χ2v) is 6.49. The number of esters is 1. The first-order chi connectivity index (χ1) is 8.82. The lowest BCUT2D eigenvalue weighted by Crippen LogP contribution is -2.28. The standard InChI is InChI=1S/C13H19NO4S/c1-10(8-13(15)18-2)14-9-11-4-6-12(7-5-11)19(3,16)17/h4-7,10,14H,8-9H2,1-3H3. The van der Waals surface area contributed by atoms with Gasteiger partial charge in [0.25, 0.3) is 0 Å². The summed E-state index contributed by atoms with van der Waals surface area (Å²) in [7, 11) is -1.79. The minimum absolute atomic E-state index is 0.00188. The summed E-state index contributed by atoms with van der Waals surface area (Å²) in [4.78, 5) is 11.4. The third kappa shape index (κ3) is 5.40. The van der Waals surface area contributed by atoms with Crippen molar-refractivity contribution in [2.45, 2.75) is 30.8 Å². The van der Waals surface area contributed by atoms with Crippen LogP contribution in [-0.2, 0) is 25.9 Å². The summed E-state index contributed by atoms with van der Waals surface area (Å²) in [6.45, 7) is 2.46. The molecule has 0 saturated heterocycles. The summed E-state index contributed by atoms with van der Waals surface area (Å²) in [5, 5.41) is 3.17. The van der Waals surface area contributed by atoms with Gasteiger partial charge in [-0.1, -0.05) is 12.1 Å². The molecule has 0 heterocycles. The van der Waals surface area contributed by atoms with Gasteiger partial charge in [-0.2, -0.15) is 0 Å². The topological polar surface area (TPSA) is 72.5 Å². The fourth-order valence-electron chi connectivity index (χ4n) is 1.55. The molecule has 1 unspecified atom stereocenters. The normalized spacial score (nSPS) is 13.0. The Morgan fingerprint density at radius 1 is 1.32 bits per heavy atom. The zero-order valence-electron chi connectivity index (χ0n) is 11.3. The molecule has 0 radical (unpaired) electrons. The molecule has 0 aliphatic carbocycles. The van der Waals surface area contributed by atoms with Crippen molar-refractivity contribution in [1.29, 1.82) is 0 Å². The van der Waals surface area contributed by atoms with Gasteiger partial charge in [0.2, 0.25) is 0 Å². The molecular weight excluding hydrogens is 266 g/mol. The molecule has 0 bridgehead atoms. The zero-order valence-corrected chi connectivity index (χ0v) is 12.2. The first kappa shape index (κ1) is 15.7. The Kier molecular flexibility index (Phi) is 5.50. The Morgan fingerprint density at radius 2 is 1.89 bits per heavy atom. The van der Waals surface area contributed by atoms with Gasteiger partial charge in [-0.05, 0) is 24.6 Å². The fraction of sp³-hybridized carbons (Fsp3) is 0.462. The maximum Gasteiger partial charge on any atom is 0.307 e. The van der Waals surface area contributed by atoms with Gasteiger partial charge >= 0.3 is 5.97 Å². The van der Waals surface area contributed by atoms with E-state index >= 15 is 0 Å². The lowest BCUT2D eigenvalue weighted by molar-refractivity contribution is -0.141. The highest BCUT2D eigenvalue weighted by molar-refractivity contribution is 7.90. The number of methoxy groups -OCH3 is 1. The van der Waals surface area contributed by atoms with Gasteiger partial charge in [0.05, 0.1) is 18.4 Å². The predicted octanol–water partition coefficient (Wildman–Crippen LogP) is 1.13. The summed E-state index contributed by atoms with van der Waals surface area (Å²) in [5.74, 6) is -0.257. The molecule has 19 heavy (non-hydrogen) atoms. The van der Waals surface area contributed by atoms with Crippen LogP contribution in [0.2, 0.25) is 0 Å². The molecule has 1 N–H and O–H groups in total. The van der Waals surface area contributed by atoms with Gasteiger partial charge in [-0.3, -0.25) is 4.79 Å². The largest absolute Gasteiger partial charge is 0.469 e. The van der Waals surface area contributed by atoms with E-state index in [1.54, 1.807) is 24.3 Å². The van der Waals surface area contributed by atoms with Crippen molar-refractivity contribution >= 4 is 15.8 Å². The number of benzene rings is 1. The van der Waals surface area contributed by atoms with E-state index in [1.807, 2.05) is 6.92 Å². The Balaban J connectivity index is 2.53. The highest BCUT2D eigenvalue weighted by Crippen LogP contribution is 2.10. The maximum absolute atomic E-state index is 11.3. The molecule has 1 aromatic rings. The van der Waals surface area contributed by atoms with E-state index in [4.69, 9.17) is 0 Å². The van der Waals surface area contributed by atoms with Crippen molar-refractivity contribution in [1.82, 2.24) is 5.32 Å². The molecule has 1 rings (SSSR count). The van der Waals surface area contributed by atoms with E-state index in [2.05, 4.69) is 10.1 Å².